The maximum atomic E-state index is 13.1. The van der Waals surface area contributed by atoms with Crippen molar-refractivity contribution in [3.05, 3.63) is 12.2 Å². The first kappa shape index (κ1) is 22.0. The molecule has 1 aliphatic carbocycles. The Labute approximate surface area is 153 Å². The molecule has 5 nitrogen and oxygen atoms in total. The van der Waals surface area contributed by atoms with Gasteiger partial charge in [-0.3, -0.25) is 4.79 Å². The third-order valence-electron chi connectivity index (χ3n) is 3.91. The van der Waals surface area contributed by atoms with Crippen molar-refractivity contribution in [2.45, 2.75) is 50.2 Å². The van der Waals surface area contributed by atoms with Crippen molar-refractivity contribution in [3.8, 4) is 0 Å². The zero-order valence-corrected chi connectivity index (χ0v) is 15.6. The van der Waals surface area contributed by atoms with Crippen molar-refractivity contribution in [2.75, 3.05) is 13.4 Å². The first-order chi connectivity index (χ1) is 11.7. The van der Waals surface area contributed by atoms with Crippen LogP contribution < -0.4 is 0 Å². The van der Waals surface area contributed by atoms with Gasteiger partial charge in [0.15, 0.2) is 13.4 Å². The minimum atomic E-state index is -4.28. The summed E-state index contributed by atoms with van der Waals surface area (Å²) in [6.07, 6.45) is -1.50. The molecule has 144 valence electrons. The lowest BCUT2D eigenvalue weighted by Gasteiger charge is -2.38. The highest BCUT2D eigenvalue weighted by Gasteiger charge is 2.49. The van der Waals surface area contributed by atoms with Crippen LogP contribution in [0.5, 0.6) is 0 Å². The first-order valence-corrected chi connectivity index (χ1v) is 8.87. The Bertz CT molecular complexity index is 481. The summed E-state index contributed by atoms with van der Waals surface area (Å²) in [5.41, 5.74) is 0. The fraction of sp³-hybridized carbons (Fsp3) is 0.750. The van der Waals surface area contributed by atoms with E-state index in [1.807, 2.05) is 0 Å². The van der Waals surface area contributed by atoms with Crippen molar-refractivity contribution >= 4 is 27.9 Å². The molecule has 0 spiro atoms. The van der Waals surface area contributed by atoms with Crippen molar-refractivity contribution in [3.63, 3.8) is 0 Å². The molecule has 0 aromatic rings. The van der Waals surface area contributed by atoms with Crippen LogP contribution in [0.2, 0.25) is 0 Å². The number of hydrogen-bond donors (Lipinski definition) is 0. The predicted octanol–water partition coefficient (Wildman–Crippen LogP) is 3.75. The summed E-state index contributed by atoms with van der Waals surface area (Å²) < 4.78 is 54.2. The highest BCUT2D eigenvalue weighted by molar-refractivity contribution is 9.09. The third-order valence-corrected chi connectivity index (χ3v) is 4.87. The van der Waals surface area contributed by atoms with E-state index in [0.717, 1.165) is 0 Å². The highest BCUT2D eigenvalue weighted by Crippen LogP contribution is 2.44. The molecule has 4 atom stereocenters. The van der Waals surface area contributed by atoms with E-state index in [4.69, 9.17) is 9.47 Å². The molecule has 0 heterocycles. The molecule has 0 saturated heterocycles. The predicted molar refractivity (Wildman–Crippen MR) is 86.9 cm³/mol. The summed E-state index contributed by atoms with van der Waals surface area (Å²) in [5.74, 6) is -3.44. The lowest BCUT2D eigenvalue weighted by Crippen LogP contribution is -2.43. The van der Waals surface area contributed by atoms with Gasteiger partial charge >= 0.3 is 18.1 Å². The molecule has 0 bridgehead atoms. The van der Waals surface area contributed by atoms with E-state index >= 15 is 0 Å². The molecule has 4 unspecified atom stereocenters. The lowest BCUT2D eigenvalue weighted by atomic mass is 9.77. The van der Waals surface area contributed by atoms with Crippen LogP contribution in [-0.2, 0) is 23.8 Å². The summed E-state index contributed by atoms with van der Waals surface area (Å²) >= 11 is 3.23. The molecule has 0 aromatic heterocycles. The Balaban J connectivity index is 2.48. The SMILES string of the molecule is C/C=C/C1CC(OCOC(=O)COC(=O)CC)C(Br)CC1C(F)(F)F. The molecule has 0 aliphatic heterocycles. The maximum absolute atomic E-state index is 13.1. The quantitative estimate of drug-likeness (QED) is 0.266. The molecular formula is C16H22BrF3O5. The standard InChI is InChI=1S/C16H22BrF3O5/c1-3-5-10-6-13(12(17)7-11(10)16(18,19)20)24-9-25-15(22)8-23-14(21)4-2/h3,5,10-13H,4,6-9H2,1-2H3/b5-3+. The van der Waals surface area contributed by atoms with Crippen LogP contribution >= 0.6 is 15.9 Å². The Morgan fingerprint density at radius 2 is 1.88 bits per heavy atom. The van der Waals surface area contributed by atoms with Crippen molar-refractivity contribution in [2.24, 2.45) is 11.8 Å². The second kappa shape index (κ2) is 10.2. The van der Waals surface area contributed by atoms with E-state index < -0.39 is 54.3 Å². The van der Waals surface area contributed by atoms with Gasteiger partial charge in [0.25, 0.3) is 0 Å². The fourth-order valence-electron chi connectivity index (χ4n) is 2.63. The van der Waals surface area contributed by atoms with Gasteiger partial charge in [-0.05, 0) is 25.7 Å². The van der Waals surface area contributed by atoms with Gasteiger partial charge in [0.1, 0.15) is 0 Å². The van der Waals surface area contributed by atoms with E-state index in [-0.39, 0.29) is 19.3 Å². The topological polar surface area (TPSA) is 61.8 Å². The van der Waals surface area contributed by atoms with Gasteiger partial charge in [-0.25, -0.2) is 4.79 Å². The van der Waals surface area contributed by atoms with Crippen LogP contribution in [0, 0.1) is 11.8 Å². The Kier molecular flexibility index (Phi) is 8.92. The third kappa shape index (κ3) is 7.35. The van der Waals surface area contributed by atoms with Gasteiger partial charge in [0.05, 0.1) is 12.0 Å². The summed E-state index contributed by atoms with van der Waals surface area (Å²) in [6, 6.07) is 0. The average Bonchev–Trinajstić information content (AvgIpc) is 2.54. The van der Waals surface area contributed by atoms with Crippen LogP contribution in [0.25, 0.3) is 0 Å². The monoisotopic (exact) mass is 430 g/mol. The van der Waals surface area contributed by atoms with E-state index in [1.54, 1.807) is 19.9 Å². The van der Waals surface area contributed by atoms with E-state index in [2.05, 4.69) is 20.7 Å². The van der Waals surface area contributed by atoms with Crippen LogP contribution in [0.4, 0.5) is 13.2 Å². The highest BCUT2D eigenvalue weighted by atomic mass is 79.9. The van der Waals surface area contributed by atoms with Gasteiger partial charge in [0.2, 0.25) is 0 Å². The Morgan fingerprint density at radius 1 is 1.20 bits per heavy atom. The molecule has 0 radical (unpaired) electrons. The number of alkyl halides is 4. The smallest absolute Gasteiger partial charge is 0.392 e. The minimum Gasteiger partial charge on any atom is -0.454 e. The number of rotatable bonds is 7. The van der Waals surface area contributed by atoms with Crippen LogP contribution in [0.1, 0.15) is 33.1 Å². The van der Waals surface area contributed by atoms with Crippen LogP contribution in [0.3, 0.4) is 0 Å². The van der Waals surface area contributed by atoms with E-state index in [9.17, 15) is 22.8 Å². The van der Waals surface area contributed by atoms with E-state index in [0.29, 0.717) is 0 Å². The van der Waals surface area contributed by atoms with Gasteiger partial charge in [0, 0.05) is 11.2 Å². The molecule has 0 amide bonds. The summed E-state index contributed by atoms with van der Waals surface area (Å²) in [5, 5.41) is 0. The Hall–Kier alpha value is -1.09. The molecule has 1 rings (SSSR count). The number of carbonyl (C=O) groups excluding carboxylic acids is 2. The van der Waals surface area contributed by atoms with Crippen LogP contribution in [-0.4, -0.2) is 42.4 Å². The second-order valence-electron chi connectivity index (χ2n) is 5.68. The molecule has 1 aliphatic rings. The van der Waals surface area contributed by atoms with Crippen molar-refractivity contribution in [1.29, 1.82) is 0 Å². The number of ether oxygens (including phenoxy) is 3. The molecule has 9 heteroatoms. The largest absolute Gasteiger partial charge is 0.454 e. The van der Waals surface area contributed by atoms with Gasteiger partial charge in [-0.2, -0.15) is 13.2 Å². The fourth-order valence-corrected chi connectivity index (χ4v) is 3.40. The summed E-state index contributed by atoms with van der Waals surface area (Å²) in [4.78, 5) is 21.8. The first-order valence-electron chi connectivity index (χ1n) is 7.95. The summed E-state index contributed by atoms with van der Waals surface area (Å²) in [6.45, 7) is 2.33. The number of allylic oxidation sites excluding steroid dienone is 2. The van der Waals surface area contributed by atoms with Gasteiger partial charge in [-0.15, -0.1) is 0 Å². The average molecular weight is 431 g/mol. The maximum Gasteiger partial charge on any atom is 0.392 e. The van der Waals surface area contributed by atoms with Crippen LogP contribution in [0.15, 0.2) is 12.2 Å². The molecule has 25 heavy (non-hydrogen) atoms. The van der Waals surface area contributed by atoms with Gasteiger partial charge in [-0.1, -0.05) is 35.0 Å². The molecule has 0 N–H and O–H groups in total. The zero-order valence-electron chi connectivity index (χ0n) is 14.1. The molecular weight excluding hydrogens is 409 g/mol. The Morgan fingerprint density at radius 3 is 2.44 bits per heavy atom. The molecule has 1 fully saturated rings. The zero-order chi connectivity index (χ0) is 19.0. The van der Waals surface area contributed by atoms with Crippen molar-refractivity contribution < 1.29 is 37.0 Å². The normalized spacial score (nSPS) is 27.3. The van der Waals surface area contributed by atoms with Gasteiger partial charge < -0.3 is 14.2 Å². The summed E-state index contributed by atoms with van der Waals surface area (Å²) in [7, 11) is 0. The van der Waals surface area contributed by atoms with E-state index in [1.165, 1.54) is 6.08 Å². The second-order valence-corrected chi connectivity index (χ2v) is 6.85. The number of carbonyl (C=O) groups is 2. The number of hydrogen-bond acceptors (Lipinski definition) is 5. The molecule has 0 aromatic carbocycles. The number of esters is 2. The lowest BCUT2D eigenvalue weighted by molar-refractivity contribution is -0.201. The number of halogens is 4. The minimum absolute atomic E-state index is 0.120. The van der Waals surface area contributed by atoms with Crippen molar-refractivity contribution in [1.82, 2.24) is 0 Å². The molecule has 1 saturated carbocycles.